The quantitative estimate of drug-likeness (QED) is 0.682. The molecule has 0 heterocycles. The number of hydrogen-bond donors (Lipinski definition) is 1. The van der Waals surface area contributed by atoms with Crippen molar-refractivity contribution in [1.82, 2.24) is 0 Å². The molecule has 0 aliphatic carbocycles. The fourth-order valence-corrected chi connectivity index (χ4v) is 3.16. The minimum absolute atomic E-state index is 0.0750. The largest absolute Gasteiger partial charge is 0.497 e. The zero-order valence-electron chi connectivity index (χ0n) is 12.0. The molecule has 7 heteroatoms. The first-order valence-corrected chi connectivity index (χ1v) is 9.24. The lowest BCUT2D eigenvalue weighted by Crippen LogP contribution is -2.21. The zero-order chi connectivity index (χ0) is 16.0. The van der Waals surface area contributed by atoms with Crippen molar-refractivity contribution in [1.29, 1.82) is 0 Å². The number of halogens is 1. The van der Waals surface area contributed by atoms with Gasteiger partial charge in [0.05, 0.1) is 7.11 Å². The summed E-state index contributed by atoms with van der Waals surface area (Å²) in [4.78, 5) is 0. The highest BCUT2D eigenvalue weighted by atomic mass is 127. The third kappa shape index (κ3) is 5.38. The van der Waals surface area contributed by atoms with Gasteiger partial charge in [0.1, 0.15) is 23.9 Å². The van der Waals surface area contributed by atoms with Crippen LogP contribution in [0.15, 0.2) is 48.5 Å². The Morgan fingerprint density at radius 2 is 1.77 bits per heavy atom. The van der Waals surface area contributed by atoms with E-state index in [1.807, 2.05) is 6.07 Å². The maximum atomic E-state index is 12.0. The summed E-state index contributed by atoms with van der Waals surface area (Å²) in [5.41, 5.74) is 0.552. The molecule has 2 aromatic carbocycles. The van der Waals surface area contributed by atoms with Crippen LogP contribution in [0.2, 0.25) is 0 Å². The molecule has 0 aromatic heterocycles. The second-order valence-corrected chi connectivity index (χ2v) is 7.54. The number of nitrogens with one attached hydrogen (secondary N) is 1. The van der Waals surface area contributed by atoms with Gasteiger partial charge in [-0.2, -0.15) is 0 Å². The highest BCUT2D eigenvalue weighted by Crippen LogP contribution is 2.17. The molecule has 0 aliphatic rings. The van der Waals surface area contributed by atoms with Gasteiger partial charge < -0.3 is 9.47 Å². The first kappa shape index (κ1) is 16.9. The zero-order valence-corrected chi connectivity index (χ0v) is 14.9. The number of rotatable bonds is 7. The van der Waals surface area contributed by atoms with Crippen LogP contribution in [0, 0.1) is 3.57 Å². The van der Waals surface area contributed by atoms with E-state index in [-0.39, 0.29) is 12.4 Å². The molecule has 0 fully saturated rings. The number of sulfonamides is 1. The fraction of sp³-hybridized carbons (Fsp3) is 0.200. The van der Waals surface area contributed by atoms with E-state index in [4.69, 9.17) is 9.47 Å². The summed E-state index contributed by atoms with van der Waals surface area (Å²) in [5, 5.41) is 0. The minimum atomic E-state index is -3.44. The van der Waals surface area contributed by atoms with Crippen LogP contribution in [0.25, 0.3) is 0 Å². The van der Waals surface area contributed by atoms with Gasteiger partial charge in [0.25, 0.3) is 0 Å². The Morgan fingerprint density at radius 1 is 1.09 bits per heavy atom. The summed E-state index contributed by atoms with van der Waals surface area (Å²) in [6, 6.07) is 14.2. The van der Waals surface area contributed by atoms with Crippen LogP contribution in [-0.4, -0.2) is 27.9 Å². The Labute approximate surface area is 143 Å². The maximum Gasteiger partial charge on any atom is 0.236 e. The Hall–Kier alpha value is -1.48. The van der Waals surface area contributed by atoms with Crippen molar-refractivity contribution in [3.8, 4) is 11.5 Å². The molecule has 0 radical (unpaired) electrons. The average Bonchev–Trinajstić information content (AvgIpc) is 2.47. The molecule has 22 heavy (non-hydrogen) atoms. The van der Waals surface area contributed by atoms with Crippen molar-refractivity contribution in [2.24, 2.45) is 0 Å². The summed E-state index contributed by atoms with van der Waals surface area (Å²) in [5.74, 6) is 1.20. The molecule has 0 aliphatic heterocycles. The molecular weight excluding hydrogens is 417 g/mol. The normalized spacial score (nSPS) is 11.0. The van der Waals surface area contributed by atoms with Crippen LogP contribution >= 0.6 is 22.6 Å². The number of benzene rings is 2. The van der Waals surface area contributed by atoms with E-state index in [1.54, 1.807) is 49.6 Å². The third-order valence-electron chi connectivity index (χ3n) is 2.78. The van der Waals surface area contributed by atoms with Gasteiger partial charge in [-0.05, 0) is 65.1 Å². The number of anilines is 1. The molecule has 0 atom stereocenters. The smallest absolute Gasteiger partial charge is 0.236 e. The van der Waals surface area contributed by atoms with Gasteiger partial charge in [-0.3, -0.25) is 4.72 Å². The molecule has 5 nitrogen and oxygen atoms in total. The van der Waals surface area contributed by atoms with E-state index in [0.29, 0.717) is 11.4 Å². The molecule has 2 rings (SSSR count). The van der Waals surface area contributed by atoms with Gasteiger partial charge in [-0.15, -0.1) is 0 Å². The fourth-order valence-electron chi connectivity index (χ4n) is 1.72. The topological polar surface area (TPSA) is 64.6 Å². The predicted octanol–water partition coefficient (Wildman–Crippen LogP) is 3.12. The van der Waals surface area contributed by atoms with Gasteiger partial charge in [-0.25, -0.2) is 8.42 Å². The van der Waals surface area contributed by atoms with Crippen LogP contribution < -0.4 is 14.2 Å². The van der Waals surface area contributed by atoms with Crippen LogP contribution in [0.5, 0.6) is 11.5 Å². The lowest BCUT2D eigenvalue weighted by atomic mass is 10.3. The second kappa shape index (κ2) is 7.68. The standard InChI is InChI=1S/C15H16INO4S/c1-20-14-5-7-15(8-6-14)21-9-10-22(18,19)17-13-4-2-3-12(16)11-13/h2-8,11,17H,9-10H2,1H3. The molecule has 0 unspecified atom stereocenters. The Morgan fingerprint density at radius 3 is 2.41 bits per heavy atom. The predicted molar refractivity (Wildman–Crippen MR) is 95.1 cm³/mol. The number of methoxy groups -OCH3 is 1. The van der Waals surface area contributed by atoms with E-state index in [9.17, 15) is 8.42 Å². The average molecular weight is 433 g/mol. The van der Waals surface area contributed by atoms with Crippen molar-refractivity contribution in [2.45, 2.75) is 0 Å². The van der Waals surface area contributed by atoms with Crippen molar-refractivity contribution in [3.63, 3.8) is 0 Å². The van der Waals surface area contributed by atoms with E-state index < -0.39 is 10.0 Å². The summed E-state index contributed by atoms with van der Waals surface area (Å²) >= 11 is 2.13. The van der Waals surface area contributed by atoms with Crippen molar-refractivity contribution >= 4 is 38.3 Å². The first-order valence-electron chi connectivity index (χ1n) is 6.51. The molecule has 2 aromatic rings. The van der Waals surface area contributed by atoms with Crippen molar-refractivity contribution in [3.05, 3.63) is 52.1 Å². The molecule has 0 saturated heterocycles. The minimum Gasteiger partial charge on any atom is -0.497 e. The molecular formula is C15H16INO4S. The highest BCUT2D eigenvalue weighted by molar-refractivity contribution is 14.1. The summed E-state index contributed by atoms with van der Waals surface area (Å²) in [7, 11) is -1.86. The molecule has 0 saturated carbocycles. The lowest BCUT2D eigenvalue weighted by Gasteiger charge is -2.10. The van der Waals surface area contributed by atoms with Gasteiger partial charge in [0.2, 0.25) is 10.0 Å². The number of hydrogen-bond acceptors (Lipinski definition) is 4. The molecule has 0 bridgehead atoms. The van der Waals surface area contributed by atoms with Gasteiger partial charge in [-0.1, -0.05) is 6.07 Å². The van der Waals surface area contributed by atoms with E-state index in [1.165, 1.54) is 0 Å². The van der Waals surface area contributed by atoms with E-state index >= 15 is 0 Å². The lowest BCUT2D eigenvalue weighted by molar-refractivity contribution is 0.340. The maximum absolute atomic E-state index is 12.0. The SMILES string of the molecule is COc1ccc(OCCS(=O)(=O)Nc2cccc(I)c2)cc1. The van der Waals surface area contributed by atoms with Crippen LogP contribution in [0.4, 0.5) is 5.69 Å². The first-order chi connectivity index (χ1) is 10.5. The van der Waals surface area contributed by atoms with Gasteiger partial charge in [0.15, 0.2) is 0 Å². The Balaban J connectivity index is 1.86. The third-order valence-corrected chi connectivity index (χ3v) is 4.70. The molecule has 118 valence electrons. The van der Waals surface area contributed by atoms with Crippen LogP contribution in [0.1, 0.15) is 0 Å². The van der Waals surface area contributed by atoms with Crippen LogP contribution in [-0.2, 0) is 10.0 Å². The van der Waals surface area contributed by atoms with Crippen molar-refractivity contribution in [2.75, 3.05) is 24.2 Å². The molecule has 1 N–H and O–H groups in total. The molecule has 0 amide bonds. The van der Waals surface area contributed by atoms with E-state index in [0.717, 1.165) is 9.32 Å². The summed E-state index contributed by atoms with van der Waals surface area (Å²) < 4.78 is 37.9. The summed E-state index contributed by atoms with van der Waals surface area (Å²) in [6.45, 7) is 0.0750. The monoisotopic (exact) mass is 433 g/mol. The molecule has 0 spiro atoms. The Bertz CT molecular complexity index is 717. The Kier molecular flexibility index (Phi) is 5.90. The van der Waals surface area contributed by atoms with Gasteiger partial charge in [0, 0.05) is 9.26 Å². The van der Waals surface area contributed by atoms with Crippen LogP contribution in [0.3, 0.4) is 0 Å². The second-order valence-electron chi connectivity index (χ2n) is 4.46. The van der Waals surface area contributed by atoms with Gasteiger partial charge >= 0.3 is 0 Å². The highest BCUT2D eigenvalue weighted by Gasteiger charge is 2.11. The summed E-state index contributed by atoms with van der Waals surface area (Å²) in [6.07, 6.45) is 0. The number of ether oxygens (including phenoxy) is 2. The van der Waals surface area contributed by atoms with E-state index in [2.05, 4.69) is 27.3 Å². The van der Waals surface area contributed by atoms with Crippen molar-refractivity contribution < 1.29 is 17.9 Å².